The molecule has 1 atom stereocenters. The van der Waals surface area contributed by atoms with Crippen molar-refractivity contribution in [2.75, 3.05) is 20.2 Å². The van der Waals surface area contributed by atoms with Crippen molar-refractivity contribution < 1.29 is 19.1 Å². The van der Waals surface area contributed by atoms with E-state index in [0.29, 0.717) is 23.4 Å². The molecule has 0 saturated heterocycles. The third-order valence-electron chi connectivity index (χ3n) is 5.12. The first-order valence-corrected chi connectivity index (χ1v) is 8.47. The molecule has 0 aromatic heterocycles. The highest BCUT2D eigenvalue weighted by atomic mass is 16.5. The predicted molar refractivity (Wildman–Crippen MR) is 94.0 cm³/mol. The van der Waals surface area contributed by atoms with E-state index in [1.165, 1.54) is 4.90 Å². The molecule has 0 unspecified atom stereocenters. The van der Waals surface area contributed by atoms with Crippen molar-refractivity contribution in [1.82, 2.24) is 9.80 Å². The number of methoxy groups -OCH3 is 1. The lowest BCUT2D eigenvalue weighted by molar-refractivity contribution is -0.121. The molecule has 6 heteroatoms. The summed E-state index contributed by atoms with van der Waals surface area (Å²) in [6.07, 6.45) is 1.52. The third-order valence-corrected chi connectivity index (χ3v) is 5.12. The predicted octanol–water partition coefficient (Wildman–Crippen LogP) is 2.05. The molecule has 3 amide bonds. The van der Waals surface area contributed by atoms with Crippen LogP contribution < -0.4 is 4.74 Å². The molecule has 0 bridgehead atoms. The fourth-order valence-electron chi connectivity index (χ4n) is 3.73. The highest BCUT2D eigenvalue weighted by Crippen LogP contribution is 2.34. The number of hydrogen-bond donors (Lipinski definition) is 0. The minimum atomic E-state index is -0.381. The smallest absolute Gasteiger partial charge is 0.261 e. The van der Waals surface area contributed by atoms with Gasteiger partial charge in [0.1, 0.15) is 5.75 Å². The number of nitrogens with zero attached hydrogens (tertiary/aromatic N) is 2. The van der Waals surface area contributed by atoms with E-state index >= 15 is 0 Å². The van der Waals surface area contributed by atoms with Gasteiger partial charge in [-0.2, -0.15) is 0 Å². The van der Waals surface area contributed by atoms with Gasteiger partial charge in [0.25, 0.3) is 11.8 Å². The van der Waals surface area contributed by atoms with Crippen LogP contribution in [0.25, 0.3) is 0 Å². The number of amides is 3. The van der Waals surface area contributed by atoms with Crippen LogP contribution in [0.2, 0.25) is 0 Å². The monoisotopic (exact) mass is 350 g/mol. The Morgan fingerprint density at radius 2 is 1.81 bits per heavy atom. The molecule has 0 radical (unpaired) electrons. The maximum Gasteiger partial charge on any atom is 0.261 e. The quantitative estimate of drug-likeness (QED) is 0.625. The number of benzene rings is 2. The van der Waals surface area contributed by atoms with Crippen LogP contribution in [0.5, 0.6) is 5.75 Å². The van der Waals surface area contributed by atoms with E-state index in [0.717, 1.165) is 24.0 Å². The Morgan fingerprint density at radius 3 is 2.42 bits per heavy atom. The molecule has 0 N–H and O–H groups in total. The highest BCUT2D eigenvalue weighted by Gasteiger charge is 2.39. The summed E-state index contributed by atoms with van der Waals surface area (Å²) in [6.45, 7) is 0.682. The van der Waals surface area contributed by atoms with E-state index in [4.69, 9.17) is 4.74 Å². The maximum atomic E-state index is 12.7. The van der Waals surface area contributed by atoms with Crippen LogP contribution in [0.4, 0.5) is 0 Å². The SMILES string of the molecule is COc1ccc2c(c1)[C@H](CN1C(=O)c3ccccc3C1=O)N(C=O)CC2. The van der Waals surface area contributed by atoms with Gasteiger partial charge in [-0.15, -0.1) is 0 Å². The Bertz CT molecular complexity index is 873. The van der Waals surface area contributed by atoms with Crippen molar-refractivity contribution in [1.29, 1.82) is 0 Å². The molecular weight excluding hydrogens is 332 g/mol. The summed E-state index contributed by atoms with van der Waals surface area (Å²) in [4.78, 5) is 39.8. The molecule has 0 spiro atoms. The van der Waals surface area contributed by atoms with E-state index in [1.54, 1.807) is 36.3 Å². The van der Waals surface area contributed by atoms with Crippen LogP contribution in [-0.2, 0) is 11.2 Å². The van der Waals surface area contributed by atoms with Crippen molar-refractivity contribution >= 4 is 18.2 Å². The van der Waals surface area contributed by atoms with Crippen LogP contribution in [0, 0.1) is 0 Å². The van der Waals surface area contributed by atoms with Crippen LogP contribution >= 0.6 is 0 Å². The van der Waals surface area contributed by atoms with Gasteiger partial charge in [0.05, 0.1) is 30.8 Å². The van der Waals surface area contributed by atoms with E-state index in [9.17, 15) is 14.4 Å². The van der Waals surface area contributed by atoms with Gasteiger partial charge in [-0.1, -0.05) is 18.2 Å². The molecule has 2 heterocycles. The standard InChI is InChI=1S/C20H18N2O4/c1-26-14-7-6-13-8-9-21(12-23)18(17(13)10-14)11-22-19(24)15-4-2-3-5-16(15)20(22)25/h2-7,10,12,18H,8-9,11H2,1H3/t18-/m0/s1. The van der Waals surface area contributed by atoms with E-state index in [1.807, 2.05) is 18.2 Å². The molecule has 2 aromatic rings. The number of imide groups is 1. The maximum absolute atomic E-state index is 12.7. The zero-order chi connectivity index (χ0) is 18.3. The highest BCUT2D eigenvalue weighted by molar-refractivity contribution is 6.21. The van der Waals surface area contributed by atoms with Gasteiger partial charge in [-0.3, -0.25) is 19.3 Å². The van der Waals surface area contributed by atoms with Gasteiger partial charge >= 0.3 is 0 Å². The lowest BCUT2D eigenvalue weighted by Crippen LogP contribution is -2.43. The number of ether oxygens (including phenoxy) is 1. The molecule has 2 aliphatic heterocycles. The molecule has 6 nitrogen and oxygen atoms in total. The van der Waals surface area contributed by atoms with Crippen molar-refractivity contribution in [3.63, 3.8) is 0 Å². The largest absolute Gasteiger partial charge is 0.497 e. The van der Waals surface area contributed by atoms with Crippen LogP contribution in [0.1, 0.15) is 37.9 Å². The van der Waals surface area contributed by atoms with Crippen molar-refractivity contribution in [2.45, 2.75) is 12.5 Å². The van der Waals surface area contributed by atoms with E-state index in [-0.39, 0.29) is 24.4 Å². The Labute approximate surface area is 151 Å². The first kappa shape index (κ1) is 16.3. The minimum absolute atomic E-state index is 0.130. The summed E-state index contributed by atoms with van der Waals surface area (Å²) in [5, 5.41) is 0. The lowest BCUT2D eigenvalue weighted by atomic mass is 9.92. The number of rotatable bonds is 4. The average molecular weight is 350 g/mol. The number of carbonyl (C=O) groups is 3. The minimum Gasteiger partial charge on any atom is -0.497 e. The molecular formula is C20H18N2O4. The molecule has 26 heavy (non-hydrogen) atoms. The van der Waals surface area contributed by atoms with Crippen LogP contribution in [0.15, 0.2) is 42.5 Å². The number of fused-ring (bicyclic) bond motifs is 2. The molecule has 0 saturated carbocycles. The van der Waals surface area contributed by atoms with Gasteiger partial charge in [-0.05, 0) is 41.8 Å². The molecule has 2 aromatic carbocycles. The Morgan fingerprint density at radius 1 is 1.12 bits per heavy atom. The molecule has 4 rings (SSSR count). The van der Waals surface area contributed by atoms with Crippen LogP contribution in [-0.4, -0.2) is 48.2 Å². The Hall–Kier alpha value is -3.15. The fraction of sp³-hybridized carbons (Fsp3) is 0.250. The first-order valence-electron chi connectivity index (χ1n) is 8.47. The molecule has 0 aliphatic carbocycles. The van der Waals surface area contributed by atoms with Gasteiger partial charge in [0, 0.05) is 6.54 Å². The van der Waals surface area contributed by atoms with Crippen LogP contribution in [0.3, 0.4) is 0 Å². The molecule has 0 fully saturated rings. The Kier molecular flexibility index (Phi) is 3.95. The summed E-state index contributed by atoms with van der Waals surface area (Å²) in [5.41, 5.74) is 2.85. The van der Waals surface area contributed by atoms with E-state index < -0.39 is 0 Å². The lowest BCUT2D eigenvalue weighted by Gasteiger charge is -2.36. The fourth-order valence-corrected chi connectivity index (χ4v) is 3.73. The summed E-state index contributed by atoms with van der Waals surface area (Å²) in [7, 11) is 1.58. The number of carbonyl (C=O) groups excluding carboxylic acids is 3. The number of hydrogen-bond acceptors (Lipinski definition) is 4. The van der Waals surface area contributed by atoms with Gasteiger partial charge in [0.2, 0.25) is 6.41 Å². The normalized spacial score (nSPS) is 18.6. The zero-order valence-electron chi connectivity index (χ0n) is 14.3. The van der Waals surface area contributed by atoms with Crippen molar-refractivity contribution in [3.8, 4) is 5.75 Å². The second-order valence-electron chi connectivity index (χ2n) is 6.44. The summed E-state index contributed by atoms with van der Waals surface area (Å²) in [6, 6.07) is 12.2. The summed E-state index contributed by atoms with van der Waals surface area (Å²) in [5.74, 6) is 0.0572. The molecule has 2 aliphatic rings. The zero-order valence-corrected chi connectivity index (χ0v) is 14.3. The van der Waals surface area contributed by atoms with E-state index in [2.05, 4.69) is 0 Å². The second-order valence-corrected chi connectivity index (χ2v) is 6.44. The topological polar surface area (TPSA) is 66.9 Å². The van der Waals surface area contributed by atoms with Gasteiger partial charge in [0.15, 0.2) is 0 Å². The van der Waals surface area contributed by atoms with Gasteiger partial charge < -0.3 is 9.64 Å². The van der Waals surface area contributed by atoms with Gasteiger partial charge in [-0.25, -0.2) is 0 Å². The average Bonchev–Trinajstić information content (AvgIpc) is 2.93. The first-order chi connectivity index (χ1) is 12.6. The van der Waals surface area contributed by atoms with Crippen molar-refractivity contribution in [3.05, 3.63) is 64.7 Å². The Balaban J connectivity index is 1.70. The van der Waals surface area contributed by atoms with Crippen molar-refractivity contribution in [2.24, 2.45) is 0 Å². The summed E-state index contributed by atoms with van der Waals surface area (Å²) >= 11 is 0. The third kappa shape index (κ3) is 2.45. The molecule has 132 valence electrons. The second kappa shape index (κ2) is 6.29. The summed E-state index contributed by atoms with van der Waals surface area (Å²) < 4.78 is 5.31.